The van der Waals surface area contributed by atoms with E-state index < -0.39 is 0 Å². The van der Waals surface area contributed by atoms with Gasteiger partial charge in [-0.05, 0) is 36.8 Å². The smallest absolute Gasteiger partial charge is 0.247 e. The third-order valence-electron chi connectivity index (χ3n) is 3.37. The molecule has 3 heterocycles. The average Bonchev–Trinajstić information content (AvgIpc) is 3.24. The summed E-state index contributed by atoms with van der Waals surface area (Å²) < 4.78 is 5.37. The topological polar surface area (TPSA) is 59.2 Å². The van der Waals surface area contributed by atoms with Crippen molar-refractivity contribution in [1.82, 2.24) is 14.9 Å². The van der Waals surface area contributed by atoms with Crippen LogP contribution in [0, 0.1) is 6.92 Å². The number of aryl methyl sites for hydroxylation is 1. The lowest BCUT2D eigenvalue weighted by molar-refractivity contribution is -0.127. The molecule has 6 heteroatoms. The number of pyridine rings is 1. The first-order valence-corrected chi connectivity index (χ1v) is 8.39. The highest BCUT2D eigenvalue weighted by atomic mass is 32.1. The molecule has 0 atom stereocenters. The zero-order chi connectivity index (χ0) is 16.8. The van der Waals surface area contributed by atoms with E-state index in [0.717, 1.165) is 22.0 Å². The van der Waals surface area contributed by atoms with Gasteiger partial charge in [-0.1, -0.05) is 6.07 Å². The fourth-order valence-electron chi connectivity index (χ4n) is 2.23. The van der Waals surface area contributed by atoms with Gasteiger partial charge < -0.3 is 9.32 Å². The minimum atomic E-state index is -0.0964. The molecule has 0 aliphatic heterocycles. The van der Waals surface area contributed by atoms with Crippen LogP contribution in [-0.2, 0) is 17.9 Å². The summed E-state index contributed by atoms with van der Waals surface area (Å²) in [5.41, 5.74) is 1.76. The van der Waals surface area contributed by atoms with Gasteiger partial charge in [0.15, 0.2) is 0 Å². The summed E-state index contributed by atoms with van der Waals surface area (Å²) in [6.07, 6.45) is 8.37. The first kappa shape index (κ1) is 16.1. The van der Waals surface area contributed by atoms with E-state index in [2.05, 4.69) is 9.97 Å². The van der Waals surface area contributed by atoms with Gasteiger partial charge in [0, 0.05) is 30.4 Å². The van der Waals surface area contributed by atoms with Gasteiger partial charge in [0.1, 0.15) is 5.76 Å². The van der Waals surface area contributed by atoms with Gasteiger partial charge in [-0.3, -0.25) is 9.78 Å². The Bertz CT molecular complexity index is 810. The number of carbonyl (C=O) groups is 1. The van der Waals surface area contributed by atoms with Gasteiger partial charge in [-0.2, -0.15) is 0 Å². The fraction of sp³-hybridized carbons (Fsp3) is 0.167. The van der Waals surface area contributed by atoms with E-state index in [1.165, 1.54) is 0 Å². The highest BCUT2D eigenvalue weighted by Gasteiger charge is 2.14. The molecule has 1 amide bonds. The van der Waals surface area contributed by atoms with Crippen LogP contribution >= 0.6 is 11.3 Å². The first-order valence-electron chi connectivity index (χ1n) is 7.51. The molecule has 0 saturated heterocycles. The summed E-state index contributed by atoms with van der Waals surface area (Å²) in [5, 5.41) is 2.90. The molecule has 0 fully saturated rings. The predicted molar refractivity (Wildman–Crippen MR) is 93.1 cm³/mol. The molecule has 0 spiro atoms. The molecule has 24 heavy (non-hydrogen) atoms. The quantitative estimate of drug-likeness (QED) is 0.643. The number of aromatic nitrogens is 2. The minimum Gasteiger partial charge on any atom is -0.467 e. The van der Waals surface area contributed by atoms with Gasteiger partial charge in [0.2, 0.25) is 5.91 Å². The van der Waals surface area contributed by atoms with E-state index in [1.54, 1.807) is 47.0 Å². The summed E-state index contributed by atoms with van der Waals surface area (Å²) in [5.74, 6) is 0.644. The molecule has 0 saturated carbocycles. The van der Waals surface area contributed by atoms with E-state index in [0.29, 0.717) is 13.1 Å². The van der Waals surface area contributed by atoms with Crippen molar-refractivity contribution in [2.75, 3.05) is 0 Å². The lowest BCUT2D eigenvalue weighted by atomic mass is 10.2. The molecule has 0 radical (unpaired) electrons. The Morgan fingerprint density at radius 2 is 2.25 bits per heavy atom. The number of rotatable bonds is 6. The number of carbonyl (C=O) groups excluding carboxylic acids is 1. The Morgan fingerprint density at radius 1 is 1.33 bits per heavy atom. The van der Waals surface area contributed by atoms with Crippen LogP contribution in [0.15, 0.2) is 58.8 Å². The zero-order valence-electron chi connectivity index (χ0n) is 13.3. The maximum Gasteiger partial charge on any atom is 0.247 e. The minimum absolute atomic E-state index is 0.0964. The highest BCUT2D eigenvalue weighted by molar-refractivity contribution is 7.09. The molecule has 3 aromatic rings. The van der Waals surface area contributed by atoms with Crippen LogP contribution < -0.4 is 0 Å². The van der Waals surface area contributed by atoms with Crippen molar-refractivity contribution in [2.45, 2.75) is 20.0 Å². The fourth-order valence-corrected chi connectivity index (χ4v) is 2.81. The Hall–Kier alpha value is -2.73. The molecule has 0 N–H and O–H groups in total. The Balaban J connectivity index is 1.75. The lowest BCUT2D eigenvalue weighted by Crippen LogP contribution is -2.28. The van der Waals surface area contributed by atoms with E-state index in [4.69, 9.17) is 4.42 Å². The van der Waals surface area contributed by atoms with Crippen molar-refractivity contribution in [3.63, 3.8) is 0 Å². The van der Waals surface area contributed by atoms with Gasteiger partial charge in [0.05, 0.1) is 23.5 Å². The predicted octanol–water partition coefficient (Wildman–Crippen LogP) is 3.68. The number of thiazole rings is 1. The van der Waals surface area contributed by atoms with Crippen molar-refractivity contribution < 1.29 is 9.21 Å². The molecule has 0 unspecified atom stereocenters. The van der Waals surface area contributed by atoms with Crippen LogP contribution in [0.3, 0.4) is 0 Å². The second-order valence-corrected chi connectivity index (χ2v) is 6.32. The van der Waals surface area contributed by atoms with E-state index >= 15 is 0 Å². The zero-order valence-corrected chi connectivity index (χ0v) is 14.1. The molecular weight excluding hydrogens is 322 g/mol. The number of hydrogen-bond acceptors (Lipinski definition) is 5. The van der Waals surface area contributed by atoms with Gasteiger partial charge in [-0.25, -0.2) is 4.98 Å². The average molecular weight is 339 g/mol. The lowest BCUT2D eigenvalue weighted by Gasteiger charge is -2.20. The van der Waals surface area contributed by atoms with Crippen LogP contribution in [0.2, 0.25) is 0 Å². The van der Waals surface area contributed by atoms with Gasteiger partial charge in [0.25, 0.3) is 0 Å². The van der Waals surface area contributed by atoms with Crippen LogP contribution in [0.25, 0.3) is 6.08 Å². The summed E-state index contributed by atoms with van der Waals surface area (Å²) >= 11 is 1.56. The molecule has 5 nitrogen and oxygen atoms in total. The van der Waals surface area contributed by atoms with E-state index in [1.807, 2.05) is 36.6 Å². The Kier molecular flexibility index (Phi) is 5.18. The SMILES string of the molecule is Cc1nc(/C=C/C(=O)N(Cc2cccnc2)Cc2ccco2)cs1. The third kappa shape index (κ3) is 4.39. The van der Waals surface area contributed by atoms with Crippen molar-refractivity contribution in [2.24, 2.45) is 0 Å². The summed E-state index contributed by atoms with van der Waals surface area (Å²) in [6.45, 7) is 2.81. The second-order valence-electron chi connectivity index (χ2n) is 5.26. The van der Waals surface area contributed by atoms with Crippen LogP contribution in [-0.4, -0.2) is 20.8 Å². The summed E-state index contributed by atoms with van der Waals surface area (Å²) in [6, 6.07) is 7.48. The molecule has 122 valence electrons. The second kappa shape index (κ2) is 7.70. The van der Waals surface area contributed by atoms with Gasteiger partial charge >= 0.3 is 0 Å². The monoisotopic (exact) mass is 339 g/mol. The van der Waals surface area contributed by atoms with E-state index in [9.17, 15) is 4.79 Å². The first-order chi connectivity index (χ1) is 11.7. The number of hydrogen-bond donors (Lipinski definition) is 0. The molecule has 3 aromatic heterocycles. The standard InChI is InChI=1S/C18H17N3O2S/c1-14-20-16(13-24-14)6-7-18(22)21(12-17-5-3-9-23-17)11-15-4-2-8-19-10-15/h2-10,13H,11-12H2,1H3/b7-6+. The number of furan rings is 1. The maximum atomic E-state index is 12.6. The molecule has 0 aromatic carbocycles. The molecule has 0 aliphatic rings. The van der Waals surface area contributed by atoms with Crippen LogP contribution in [0.5, 0.6) is 0 Å². The van der Waals surface area contributed by atoms with Crippen molar-refractivity contribution in [1.29, 1.82) is 0 Å². The molecule has 0 aliphatic carbocycles. The summed E-state index contributed by atoms with van der Waals surface area (Å²) in [7, 11) is 0. The maximum absolute atomic E-state index is 12.6. The highest BCUT2D eigenvalue weighted by Crippen LogP contribution is 2.13. The van der Waals surface area contributed by atoms with E-state index in [-0.39, 0.29) is 5.91 Å². The molecule has 0 bridgehead atoms. The van der Waals surface area contributed by atoms with Crippen LogP contribution in [0.4, 0.5) is 0 Å². The van der Waals surface area contributed by atoms with Crippen molar-refractivity contribution >= 4 is 23.3 Å². The largest absolute Gasteiger partial charge is 0.467 e. The van der Waals surface area contributed by atoms with Crippen LogP contribution in [0.1, 0.15) is 22.0 Å². The van der Waals surface area contributed by atoms with Crippen molar-refractivity contribution in [3.8, 4) is 0 Å². The third-order valence-corrected chi connectivity index (χ3v) is 4.16. The summed E-state index contributed by atoms with van der Waals surface area (Å²) in [4.78, 5) is 22.8. The van der Waals surface area contributed by atoms with Gasteiger partial charge in [-0.15, -0.1) is 11.3 Å². The Morgan fingerprint density at radius 3 is 2.92 bits per heavy atom. The van der Waals surface area contributed by atoms with Crippen molar-refractivity contribution in [3.05, 3.63) is 76.4 Å². The molecule has 3 rings (SSSR count). The normalized spacial score (nSPS) is 11.0. The Labute approximate surface area is 144 Å². The number of nitrogens with zero attached hydrogens (tertiary/aromatic N) is 3. The molecular formula is C18H17N3O2S. The number of amides is 1.